The first-order valence-electron chi connectivity index (χ1n) is 7.46. The van der Waals surface area contributed by atoms with Crippen LogP contribution >= 0.6 is 0 Å². The van der Waals surface area contributed by atoms with Crippen LogP contribution in [0.1, 0.15) is 33.3 Å². The Morgan fingerprint density at radius 1 is 1.22 bits per heavy atom. The number of sulfone groups is 1. The number of amides is 1. The molecule has 130 valence electrons. The summed E-state index contributed by atoms with van der Waals surface area (Å²) in [4.78, 5) is 11.9. The summed E-state index contributed by atoms with van der Waals surface area (Å²) < 4.78 is 27.9. The van der Waals surface area contributed by atoms with Crippen molar-refractivity contribution in [2.45, 2.75) is 50.8 Å². The van der Waals surface area contributed by atoms with Crippen molar-refractivity contribution in [2.75, 3.05) is 12.8 Å². The van der Waals surface area contributed by atoms with Gasteiger partial charge in [-0.15, -0.1) is 0 Å². The second-order valence-corrected chi connectivity index (χ2v) is 8.60. The van der Waals surface area contributed by atoms with Gasteiger partial charge >= 0.3 is 6.09 Å². The molecular formula is C16H26N2O4S. The first kappa shape index (κ1) is 19.4. The zero-order chi connectivity index (χ0) is 17.7. The maximum atomic E-state index is 11.6. The number of nitrogens with one attached hydrogen (secondary N) is 2. The molecule has 0 aliphatic rings. The molecule has 0 aromatic heterocycles. The predicted molar refractivity (Wildman–Crippen MR) is 90.1 cm³/mol. The van der Waals surface area contributed by atoms with E-state index in [1.54, 1.807) is 24.3 Å². The fourth-order valence-electron chi connectivity index (χ4n) is 1.77. The van der Waals surface area contributed by atoms with E-state index in [0.29, 0.717) is 18.0 Å². The van der Waals surface area contributed by atoms with Crippen LogP contribution < -0.4 is 10.6 Å². The Morgan fingerprint density at radius 3 is 2.26 bits per heavy atom. The fourth-order valence-corrected chi connectivity index (χ4v) is 2.40. The van der Waals surface area contributed by atoms with E-state index in [-0.39, 0.29) is 6.04 Å². The number of carbonyl (C=O) groups excluding carboxylic acids is 1. The SMILES string of the molecule is CC(CNC(=O)OC(C)(C)C)NCc1ccc(S(C)(=O)=O)cc1. The van der Waals surface area contributed by atoms with Crippen LogP contribution in [0.3, 0.4) is 0 Å². The molecule has 1 aromatic carbocycles. The van der Waals surface area contributed by atoms with Crippen molar-refractivity contribution in [3.8, 4) is 0 Å². The molecule has 0 aliphatic heterocycles. The standard InChI is InChI=1S/C16H26N2O4S/c1-12(10-18-15(19)22-16(2,3)4)17-11-13-6-8-14(9-7-13)23(5,20)21/h6-9,12,17H,10-11H2,1-5H3,(H,18,19). The molecule has 0 saturated heterocycles. The third-order valence-corrected chi connectivity index (χ3v) is 4.09. The van der Waals surface area contributed by atoms with Crippen LogP contribution in [-0.2, 0) is 21.1 Å². The van der Waals surface area contributed by atoms with Gasteiger partial charge in [-0.2, -0.15) is 0 Å². The molecule has 0 spiro atoms. The van der Waals surface area contributed by atoms with E-state index in [1.165, 1.54) is 6.26 Å². The number of benzene rings is 1. The van der Waals surface area contributed by atoms with E-state index >= 15 is 0 Å². The minimum Gasteiger partial charge on any atom is -0.444 e. The molecule has 1 atom stereocenters. The van der Waals surface area contributed by atoms with Crippen molar-refractivity contribution in [3.63, 3.8) is 0 Å². The van der Waals surface area contributed by atoms with Gasteiger partial charge < -0.3 is 15.4 Å². The lowest BCUT2D eigenvalue weighted by Gasteiger charge is -2.21. The van der Waals surface area contributed by atoms with Crippen molar-refractivity contribution in [1.82, 2.24) is 10.6 Å². The molecule has 1 aromatic rings. The summed E-state index contributed by atoms with van der Waals surface area (Å²) in [6, 6.07) is 6.79. The molecule has 0 bridgehead atoms. The van der Waals surface area contributed by atoms with Gasteiger partial charge in [-0.05, 0) is 45.4 Å². The molecule has 0 radical (unpaired) electrons. The van der Waals surface area contributed by atoms with Crippen LogP contribution in [0.2, 0.25) is 0 Å². The molecule has 6 nitrogen and oxygen atoms in total. The van der Waals surface area contributed by atoms with Crippen molar-refractivity contribution in [3.05, 3.63) is 29.8 Å². The monoisotopic (exact) mass is 342 g/mol. The topological polar surface area (TPSA) is 84.5 Å². The van der Waals surface area contributed by atoms with Crippen LogP contribution in [-0.4, -0.2) is 39.0 Å². The average molecular weight is 342 g/mol. The molecular weight excluding hydrogens is 316 g/mol. The second kappa shape index (κ2) is 7.79. The first-order valence-corrected chi connectivity index (χ1v) is 9.36. The zero-order valence-corrected chi connectivity index (χ0v) is 15.2. The molecule has 7 heteroatoms. The van der Waals surface area contributed by atoms with Gasteiger partial charge in [0, 0.05) is 25.4 Å². The highest BCUT2D eigenvalue weighted by Crippen LogP contribution is 2.10. The largest absolute Gasteiger partial charge is 0.444 e. The Kier molecular flexibility index (Phi) is 6.58. The molecule has 1 unspecified atom stereocenters. The van der Waals surface area contributed by atoms with Gasteiger partial charge in [0.25, 0.3) is 0 Å². The summed E-state index contributed by atoms with van der Waals surface area (Å²) >= 11 is 0. The van der Waals surface area contributed by atoms with Crippen molar-refractivity contribution in [1.29, 1.82) is 0 Å². The number of ether oxygens (including phenoxy) is 1. The summed E-state index contributed by atoms with van der Waals surface area (Å²) in [5.41, 5.74) is 0.462. The van der Waals surface area contributed by atoms with Crippen LogP contribution in [0, 0.1) is 0 Å². The second-order valence-electron chi connectivity index (χ2n) is 6.58. The molecule has 0 fully saturated rings. The molecule has 0 aliphatic carbocycles. The lowest BCUT2D eigenvalue weighted by Crippen LogP contribution is -2.40. The molecule has 2 N–H and O–H groups in total. The van der Waals surface area contributed by atoms with Crippen LogP contribution in [0.5, 0.6) is 0 Å². The van der Waals surface area contributed by atoms with Gasteiger partial charge in [0.2, 0.25) is 0 Å². The Bertz CT molecular complexity index is 618. The van der Waals surface area contributed by atoms with Gasteiger partial charge in [0.05, 0.1) is 4.90 Å². The lowest BCUT2D eigenvalue weighted by molar-refractivity contribution is 0.0523. The quantitative estimate of drug-likeness (QED) is 0.827. The van der Waals surface area contributed by atoms with E-state index in [4.69, 9.17) is 4.74 Å². The normalized spacial score (nSPS) is 13.4. The Morgan fingerprint density at radius 2 is 1.78 bits per heavy atom. The molecule has 1 amide bonds. The number of alkyl carbamates (subject to hydrolysis) is 1. The third-order valence-electron chi connectivity index (χ3n) is 2.96. The van der Waals surface area contributed by atoms with Gasteiger partial charge in [0.1, 0.15) is 5.60 Å². The summed E-state index contributed by atoms with van der Waals surface area (Å²) in [6.07, 6.45) is 0.744. The smallest absolute Gasteiger partial charge is 0.407 e. The fraction of sp³-hybridized carbons (Fsp3) is 0.562. The van der Waals surface area contributed by atoms with E-state index in [9.17, 15) is 13.2 Å². The van der Waals surface area contributed by atoms with Crippen LogP contribution in [0.25, 0.3) is 0 Å². The van der Waals surface area contributed by atoms with E-state index < -0.39 is 21.5 Å². The number of rotatable bonds is 6. The van der Waals surface area contributed by atoms with Crippen LogP contribution in [0.15, 0.2) is 29.2 Å². The Labute approximate surface area is 138 Å². The highest BCUT2D eigenvalue weighted by Gasteiger charge is 2.16. The Hall–Kier alpha value is -1.60. The predicted octanol–water partition coefficient (Wildman–Crippen LogP) is 2.09. The summed E-state index contributed by atoms with van der Waals surface area (Å²) in [5.74, 6) is 0. The van der Waals surface area contributed by atoms with Crippen LogP contribution in [0.4, 0.5) is 4.79 Å². The average Bonchev–Trinajstić information content (AvgIpc) is 2.40. The van der Waals surface area contributed by atoms with Crippen molar-refractivity contribution in [2.24, 2.45) is 0 Å². The van der Waals surface area contributed by atoms with Crippen molar-refractivity contribution >= 4 is 15.9 Å². The number of carbonyl (C=O) groups is 1. The van der Waals surface area contributed by atoms with E-state index in [1.807, 2.05) is 27.7 Å². The molecule has 1 rings (SSSR count). The number of hydrogen-bond donors (Lipinski definition) is 2. The summed E-state index contributed by atoms with van der Waals surface area (Å²) in [5, 5.41) is 5.96. The molecule has 0 heterocycles. The lowest BCUT2D eigenvalue weighted by atomic mass is 10.2. The zero-order valence-electron chi connectivity index (χ0n) is 14.3. The number of hydrogen-bond acceptors (Lipinski definition) is 5. The molecule has 23 heavy (non-hydrogen) atoms. The summed E-state index contributed by atoms with van der Waals surface area (Å²) in [6.45, 7) is 8.41. The van der Waals surface area contributed by atoms with Gasteiger partial charge in [-0.1, -0.05) is 12.1 Å². The maximum Gasteiger partial charge on any atom is 0.407 e. The van der Waals surface area contributed by atoms with Crippen molar-refractivity contribution < 1.29 is 17.9 Å². The maximum absolute atomic E-state index is 11.6. The first-order chi connectivity index (χ1) is 10.5. The summed E-state index contributed by atoms with van der Waals surface area (Å²) in [7, 11) is -3.17. The minimum absolute atomic E-state index is 0.0529. The third kappa shape index (κ3) is 7.99. The highest BCUT2D eigenvalue weighted by atomic mass is 32.2. The van der Waals surface area contributed by atoms with E-state index in [0.717, 1.165) is 5.56 Å². The van der Waals surface area contributed by atoms with Gasteiger partial charge in [0.15, 0.2) is 9.84 Å². The minimum atomic E-state index is -3.17. The van der Waals surface area contributed by atoms with E-state index in [2.05, 4.69) is 10.6 Å². The van der Waals surface area contributed by atoms with Gasteiger partial charge in [-0.3, -0.25) is 0 Å². The Balaban J connectivity index is 2.39. The molecule has 0 saturated carbocycles. The van der Waals surface area contributed by atoms with Gasteiger partial charge in [-0.25, -0.2) is 13.2 Å². The highest BCUT2D eigenvalue weighted by molar-refractivity contribution is 7.90.